The van der Waals surface area contributed by atoms with Crippen LogP contribution in [0.5, 0.6) is 0 Å². The molecule has 0 bridgehead atoms. The average molecular weight is 237 g/mol. The average Bonchev–Trinajstić information content (AvgIpc) is 2.25. The van der Waals surface area contributed by atoms with E-state index in [0.29, 0.717) is 17.0 Å². The van der Waals surface area contributed by atoms with Crippen LogP contribution in [0, 0.1) is 18.2 Å². The molecule has 3 nitrogen and oxygen atoms in total. The van der Waals surface area contributed by atoms with Crippen LogP contribution < -0.4 is 5.73 Å². The summed E-state index contributed by atoms with van der Waals surface area (Å²) in [6.07, 6.45) is 4.46. The van der Waals surface area contributed by atoms with Gasteiger partial charge in [0.25, 0.3) is 0 Å². The molecule has 94 valence electrons. The Labute approximate surface area is 102 Å². The van der Waals surface area contributed by atoms with Gasteiger partial charge in [-0.15, -0.1) is 0 Å². The van der Waals surface area contributed by atoms with Gasteiger partial charge in [0.15, 0.2) is 11.6 Å². The maximum atomic E-state index is 13.4. The lowest BCUT2D eigenvalue weighted by Gasteiger charge is -2.33. The van der Waals surface area contributed by atoms with Crippen LogP contribution in [0.2, 0.25) is 0 Å². The predicted molar refractivity (Wildman–Crippen MR) is 66.1 cm³/mol. The summed E-state index contributed by atoms with van der Waals surface area (Å²) in [6, 6.07) is 0. The molecule has 0 saturated heterocycles. The van der Waals surface area contributed by atoms with Crippen molar-refractivity contribution in [1.82, 2.24) is 9.97 Å². The molecule has 0 radical (unpaired) electrons. The van der Waals surface area contributed by atoms with Crippen molar-refractivity contribution in [3.63, 3.8) is 0 Å². The summed E-state index contributed by atoms with van der Waals surface area (Å²) in [6.45, 7) is 6.21. The zero-order valence-electron chi connectivity index (χ0n) is 10.8. The summed E-state index contributed by atoms with van der Waals surface area (Å²) in [4.78, 5) is 8.34. The van der Waals surface area contributed by atoms with Gasteiger partial charge in [0.05, 0.1) is 5.69 Å². The Bertz CT molecular complexity index is 396. The van der Waals surface area contributed by atoms with Crippen LogP contribution in [0.25, 0.3) is 0 Å². The largest absolute Gasteiger partial charge is 0.381 e. The number of halogens is 1. The van der Waals surface area contributed by atoms with E-state index in [1.165, 1.54) is 0 Å². The van der Waals surface area contributed by atoms with E-state index in [0.717, 1.165) is 31.5 Å². The maximum absolute atomic E-state index is 13.4. The second kappa shape index (κ2) is 4.24. The molecular formula is C13H20FN3. The highest BCUT2D eigenvalue weighted by Crippen LogP contribution is 2.41. The molecule has 0 atom stereocenters. The maximum Gasteiger partial charge on any atom is 0.186 e. The van der Waals surface area contributed by atoms with Crippen molar-refractivity contribution in [2.45, 2.75) is 52.4 Å². The minimum absolute atomic E-state index is 0.0164. The van der Waals surface area contributed by atoms with Gasteiger partial charge in [0, 0.05) is 5.92 Å². The number of aromatic nitrogens is 2. The molecular weight excluding hydrogens is 217 g/mol. The van der Waals surface area contributed by atoms with Gasteiger partial charge in [-0.25, -0.2) is 14.4 Å². The quantitative estimate of drug-likeness (QED) is 0.816. The normalized spacial score (nSPS) is 20.5. The number of hydrogen-bond acceptors (Lipinski definition) is 3. The van der Waals surface area contributed by atoms with Crippen molar-refractivity contribution in [1.29, 1.82) is 0 Å². The molecule has 0 amide bonds. The van der Waals surface area contributed by atoms with Crippen LogP contribution in [0.4, 0.5) is 10.2 Å². The Morgan fingerprint density at radius 1 is 1.24 bits per heavy atom. The summed E-state index contributed by atoms with van der Waals surface area (Å²) >= 11 is 0. The fourth-order valence-electron chi connectivity index (χ4n) is 2.44. The fourth-order valence-corrected chi connectivity index (χ4v) is 2.44. The van der Waals surface area contributed by atoms with Crippen molar-refractivity contribution in [3.8, 4) is 0 Å². The van der Waals surface area contributed by atoms with Gasteiger partial charge in [-0.3, -0.25) is 0 Å². The first kappa shape index (κ1) is 12.3. The second-order valence-electron chi connectivity index (χ2n) is 5.80. The lowest BCUT2D eigenvalue weighted by molar-refractivity contribution is 0.220. The summed E-state index contributed by atoms with van der Waals surface area (Å²) in [5.74, 6) is 0.559. The number of hydrogen-bond donors (Lipinski definition) is 1. The van der Waals surface area contributed by atoms with Crippen LogP contribution in [0.1, 0.15) is 57.0 Å². The number of rotatable bonds is 1. The molecule has 1 aliphatic carbocycles. The number of nitrogens with zero attached hydrogens (tertiary/aromatic N) is 2. The first-order valence-corrected chi connectivity index (χ1v) is 6.18. The second-order valence-corrected chi connectivity index (χ2v) is 5.80. The fraction of sp³-hybridized carbons (Fsp3) is 0.692. The van der Waals surface area contributed by atoms with Crippen LogP contribution in [0.3, 0.4) is 0 Å². The molecule has 1 heterocycles. The van der Waals surface area contributed by atoms with Crippen molar-refractivity contribution in [3.05, 3.63) is 17.3 Å². The lowest BCUT2D eigenvalue weighted by Crippen LogP contribution is -2.22. The van der Waals surface area contributed by atoms with Crippen molar-refractivity contribution >= 4 is 5.82 Å². The van der Waals surface area contributed by atoms with Gasteiger partial charge in [-0.05, 0) is 38.0 Å². The molecule has 1 aliphatic rings. The van der Waals surface area contributed by atoms with E-state index in [-0.39, 0.29) is 5.82 Å². The van der Waals surface area contributed by atoms with E-state index < -0.39 is 5.82 Å². The molecule has 1 saturated carbocycles. The molecule has 2 rings (SSSR count). The van der Waals surface area contributed by atoms with E-state index in [4.69, 9.17) is 5.73 Å². The first-order valence-electron chi connectivity index (χ1n) is 6.18. The molecule has 0 spiro atoms. The van der Waals surface area contributed by atoms with E-state index in [1.807, 2.05) is 0 Å². The van der Waals surface area contributed by atoms with E-state index in [1.54, 1.807) is 6.92 Å². The number of nitrogens with two attached hydrogens (primary N) is 1. The van der Waals surface area contributed by atoms with Crippen molar-refractivity contribution in [2.75, 3.05) is 5.73 Å². The predicted octanol–water partition coefficient (Wildman–Crippen LogP) is 3.19. The number of anilines is 1. The van der Waals surface area contributed by atoms with E-state index in [9.17, 15) is 4.39 Å². The van der Waals surface area contributed by atoms with Crippen molar-refractivity contribution in [2.24, 2.45) is 5.41 Å². The number of nitrogen functional groups attached to an aromatic ring is 1. The molecule has 17 heavy (non-hydrogen) atoms. The molecule has 1 aromatic heterocycles. The lowest BCUT2D eigenvalue weighted by atomic mass is 9.73. The zero-order valence-corrected chi connectivity index (χ0v) is 10.8. The smallest absolute Gasteiger partial charge is 0.186 e. The molecule has 0 aliphatic heterocycles. The Kier molecular flexibility index (Phi) is 3.06. The van der Waals surface area contributed by atoms with Crippen LogP contribution in [0.15, 0.2) is 0 Å². The molecule has 1 fully saturated rings. The third-order valence-electron chi connectivity index (χ3n) is 3.76. The minimum atomic E-state index is -0.482. The Balaban J connectivity index is 2.19. The molecule has 4 heteroatoms. The zero-order chi connectivity index (χ0) is 12.6. The summed E-state index contributed by atoms with van der Waals surface area (Å²) in [7, 11) is 0. The third-order valence-corrected chi connectivity index (χ3v) is 3.76. The van der Waals surface area contributed by atoms with Gasteiger partial charge in [-0.1, -0.05) is 13.8 Å². The van der Waals surface area contributed by atoms with Crippen LogP contribution in [-0.2, 0) is 0 Å². The Hall–Kier alpha value is -1.19. The van der Waals surface area contributed by atoms with E-state index >= 15 is 0 Å². The minimum Gasteiger partial charge on any atom is -0.381 e. The van der Waals surface area contributed by atoms with Crippen LogP contribution in [-0.4, -0.2) is 9.97 Å². The molecule has 0 unspecified atom stereocenters. The highest BCUT2D eigenvalue weighted by atomic mass is 19.1. The third kappa shape index (κ3) is 2.56. The van der Waals surface area contributed by atoms with Gasteiger partial charge < -0.3 is 5.73 Å². The summed E-state index contributed by atoms with van der Waals surface area (Å²) in [5.41, 5.74) is 6.33. The van der Waals surface area contributed by atoms with Gasteiger partial charge in [-0.2, -0.15) is 0 Å². The SMILES string of the molecule is Cc1nc(C2CCC(C)(C)CC2)nc(N)c1F. The van der Waals surface area contributed by atoms with Crippen LogP contribution >= 0.6 is 0 Å². The molecule has 0 aromatic carbocycles. The monoisotopic (exact) mass is 237 g/mol. The van der Waals surface area contributed by atoms with Gasteiger partial charge in [0.2, 0.25) is 0 Å². The highest BCUT2D eigenvalue weighted by Gasteiger charge is 2.29. The summed E-state index contributed by atoms with van der Waals surface area (Å²) < 4.78 is 13.4. The number of aryl methyl sites for hydroxylation is 1. The highest BCUT2D eigenvalue weighted by molar-refractivity contribution is 5.32. The van der Waals surface area contributed by atoms with Gasteiger partial charge in [0.1, 0.15) is 5.82 Å². The summed E-state index contributed by atoms with van der Waals surface area (Å²) in [5, 5.41) is 0. The van der Waals surface area contributed by atoms with E-state index in [2.05, 4.69) is 23.8 Å². The Morgan fingerprint density at radius 2 is 1.82 bits per heavy atom. The Morgan fingerprint density at radius 3 is 2.35 bits per heavy atom. The first-order chi connectivity index (χ1) is 7.89. The standard InChI is InChI=1S/C13H20FN3/c1-8-10(14)11(15)17-12(16-8)9-4-6-13(2,3)7-5-9/h9H,4-7H2,1-3H3,(H2,15,16,17). The molecule has 1 aromatic rings. The molecule has 2 N–H and O–H groups in total. The van der Waals surface area contributed by atoms with Crippen molar-refractivity contribution < 1.29 is 4.39 Å². The van der Waals surface area contributed by atoms with Gasteiger partial charge >= 0.3 is 0 Å². The topological polar surface area (TPSA) is 51.8 Å².